The van der Waals surface area contributed by atoms with Gasteiger partial charge in [-0.25, -0.2) is 4.68 Å². The molecule has 2 aromatic carbocycles. The Kier molecular flexibility index (Phi) is 5.26. The predicted molar refractivity (Wildman–Crippen MR) is 112 cm³/mol. The summed E-state index contributed by atoms with van der Waals surface area (Å²) in [5.74, 6) is 0. The van der Waals surface area contributed by atoms with Crippen LogP contribution in [0.3, 0.4) is 0 Å². The van der Waals surface area contributed by atoms with Gasteiger partial charge in [-0.2, -0.15) is 5.10 Å². The molecule has 27 heavy (non-hydrogen) atoms. The molecule has 0 radical (unpaired) electrons. The lowest BCUT2D eigenvalue weighted by Crippen LogP contribution is -2.43. The summed E-state index contributed by atoms with van der Waals surface area (Å²) in [5.41, 5.74) is 4.95. The molecule has 1 N–H and O–H groups in total. The average molecular weight is 361 g/mol. The number of piperidine rings is 1. The Bertz CT molecular complexity index is 849. The number of para-hydroxylation sites is 2. The summed E-state index contributed by atoms with van der Waals surface area (Å²) in [5, 5.41) is 8.45. The number of nitrogens with one attached hydrogen (secondary N) is 1. The quantitative estimate of drug-likeness (QED) is 0.727. The van der Waals surface area contributed by atoms with Crippen molar-refractivity contribution in [3.63, 3.8) is 0 Å². The molecule has 0 saturated carbocycles. The van der Waals surface area contributed by atoms with Crippen molar-refractivity contribution in [1.82, 2.24) is 15.1 Å². The molecule has 1 fully saturated rings. The van der Waals surface area contributed by atoms with Crippen LogP contribution in [-0.2, 0) is 0 Å². The lowest BCUT2D eigenvalue weighted by Gasteiger charge is -2.35. The van der Waals surface area contributed by atoms with Crippen LogP contribution in [0.4, 0.5) is 5.69 Å². The third kappa shape index (κ3) is 3.91. The standard InChI is InChI=1S/C23H28N4/c1-18(23-17-24-27(19(23)2)22-11-7-4-8-12-22)25-20-13-15-26(16-14-20)21-9-5-3-6-10-21/h3-12,17-18,20,25H,13-16H2,1-2H3. The number of hydrogen-bond acceptors (Lipinski definition) is 3. The van der Waals surface area contributed by atoms with E-state index in [1.54, 1.807) is 0 Å². The zero-order valence-electron chi connectivity index (χ0n) is 16.2. The van der Waals surface area contributed by atoms with E-state index in [0.717, 1.165) is 18.8 Å². The fourth-order valence-electron chi connectivity index (χ4n) is 4.06. The zero-order chi connectivity index (χ0) is 18.6. The Balaban J connectivity index is 1.38. The fraction of sp³-hybridized carbons (Fsp3) is 0.348. The van der Waals surface area contributed by atoms with Crippen molar-refractivity contribution in [1.29, 1.82) is 0 Å². The van der Waals surface area contributed by atoms with Crippen LogP contribution in [-0.4, -0.2) is 28.9 Å². The van der Waals surface area contributed by atoms with Gasteiger partial charge in [0.05, 0.1) is 11.9 Å². The molecule has 4 rings (SSSR count). The molecular formula is C23H28N4. The summed E-state index contributed by atoms with van der Waals surface area (Å²) in [7, 11) is 0. The van der Waals surface area contributed by atoms with Crippen LogP contribution in [0.2, 0.25) is 0 Å². The van der Waals surface area contributed by atoms with E-state index in [9.17, 15) is 0 Å². The SMILES string of the molecule is Cc1c(C(C)NC2CCN(c3ccccc3)CC2)cnn1-c1ccccc1. The number of nitrogens with zero attached hydrogens (tertiary/aromatic N) is 3. The average Bonchev–Trinajstić information content (AvgIpc) is 3.11. The highest BCUT2D eigenvalue weighted by Crippen LogP contribution is 2.24. The summed E-state index contributed by atoms with van der Waals surface area (Å²) in [6.07, 6.45) is 4.36. The van der Waals surface area contributed by atoms with Crippen LogP contribution in [0.15, 0.2) is 66.9 Å². The third-order valence-corrected chi connectivity index (χ3v) is 5.62. The van der Waals surface area contributed by atoms with Gasteiger partial charge < -0.3 is 10.2 Å². The Hall–Kier alpha value is -2.59. The molecule has 0 bridgehead atoms. The first kappa shape index (κ1) is 17.8. The maximum atomic E-state index is 4.62. The number of hydrogen-bond donors (Lipinski definition) is 1. The van der Waals surface area contributed by atoms with E-state index in [2.05, 4.69) is 83.8 Å². The van der Waals surface area contributed by atoms with Crippen LogP contribution in [0.5, 0.6) is 0 Å². The Morgan fingerprint density at radius 1 is 0.926 bits per heavy atom. The van der Waals surface area contributed by atoms with Gasteiger partial charge >= 0.3 is 0 Å². The minimum absolute atomic E-state index is 0.302. The molecule has 1 aliphatic heterocycles. The monoisotopic (exact) mass is 360 g/mol. The third-order valence-electron chi connectivity index (χ3n) is 5.62. The van der Waals surface area contributed by atoms with E-state index < -0.39 is 0 Å². The highest BCUT2D eigenvalue weighted by Gasteiger charge is 2.22. The van der Waals surface area contributed by atoms with Gasteiger partial charge in [0.2, 0.25) is 0 Å². The van der Waals surface area contributed by atoms with Crippen LogP contribution in [0.25, 0.3) is 5.69 Å². The van der Waals surface area contributed by atoms with E-state index in [1.807, 2.05) is 16.9 Å². The van der Waals surface area contributed by atoms with Crippen molar-refractivity contribution in [2.45, 2.75) is 38.8 Å². The fourth-order valence-corrected chi connectivity index (χ4v) is 4.06. The number of aromatic nitrogens is 2. The van der Waals surface area contributed by atoms with E-state index in [1.165, 1.54) is 29.8 Å². The van der Waals surface area contributed by atoms with Crippen LogP contribution < -0.4 is 10.2 Å². The minimum Gasteiger partial charge on any atom is -0.371 e. The number of benzene rings is 2. The summed E-state index contributed by atoms with van der Waals surface area (Å²) in [6.45, 7) is 6.63. The first-order valence-electron chi connectivity index (χ1n) is 9.88. The molecule has 4 nitrogen and oxygen atoms in total. The summed E-state index contributed by atoms with van der Waals surface area (Å²) in [4.78, 5) is 2.49. The Labute approximate surface area is 161 Å². The topological polar surface area (TPSA) is 33.1 Å². The first-order valence-corrected chi connectivity index (χ1v) is 9.88. The molecule has 0 spiro atoms. The van der Waals surface area contributed by atoms with Crippen LogP contribution in [0.1, 0.15) is 37.1 Å². The van der Waals surface area contributed by atoms with Gasteiger partial charge in [0.1, 0.15) is 0 Å². The van der Waals surface area contributed by atoms with Crippen molar-refractivity contribution in [3.05, 3.63) is 78.1 Å². The van der Waals surface area contributed by atoms with Crippen molar-refractivity contribution in [2.75, 3.05) is 18.0 Å². The molecule has 1 saturated heterocycles. The first-order chi connectivity index (χ1) is 13.2. The van der Waals surface area contributed by atoms with Gasteiger partial charge in [0.15, 0.2) is 0 Å². The van der Waals surface area contributed by atoms with Gasteiger partial charge in [0, 0.05) is 42.1 Å². The van der Waals surface area contributed by atoms with Gasteiger partial charge in [-0.05, 0) is 51.0 Å². The van der Waals surface area contributed by atoms with Crippen molar-refractivity contribution in [2.24, 2.45) is 0 Å². The highest BCUT2D eigenvalue weighted by molar-refractivity contribution is 5.46. The summed E-state index contributed by atoms with van der Waals surface area (Å²) < 4.78 is 2.03. The lowest BCUT2D eigenvalue weighted by atomic mass is 10.0. The lowest BCUT2D eigenvalue weighted by molar-refractivity contribution is 0.380. The molecule has 2 heterocycles. The smallest absolute Gasteiger partial charge is 0.0648 e. The highest BCUT2D eigenvalue weighted by atomic mass is 15.3. The van der Waals surface area contributed by atoms with Crippen molar-refractivity contribution in [3.8, 4) is 5.69 Å². The molecule has 3 aromatic rings. The molecule has 4 heteroatoms. The Morgan fingerprint density at radius 2 is 1.52 bits per heavy atom. The molecule has 0 amide bonds. The predicted octanol–water partition coefficient (Wildman–Crippen LogP) is 4.50. The van der Waals surface area contributed by atoms with Gasteiger partial charge in [-0.3, -0.25) is 0 Å². The maximum absolute atomic E-state index is 4.62. The van der Waals surface area contributed by atoms with E-state index >= 15 is 0 Å². The van der Waals surface area contributed by atoms with E-state index in [0.29, 0.717) is 12.1 Å². The largest absolute Gasteiger partial charge is 0.371 e. The maximum Gasteiger partial charge on any atom is 0.0648 e. The molecule has 140 valence electrons. The Morgan fingerprint density at radius 3 is 2.15 bits per heavy atom. The second kappa shape index (κ2) is 7.97. The molecule has 1 unspecified atom stereocenters. The molecule has 1 aliphatic rings. The van der Waals surface area contributed by atoms with Gasteiger partial charge in [0.25, 0.3) is 0 Å². The molecule has 1 atom stereocenters. The van der Waals surface area contributed by atoms with Crippen LogP contribution in [0, 0.1) is 6.92 Å². The van der Waals surface area contributed by atoms with E-state index in [4.69, 9.17) is 0 Å². The van der Waals surface area contributed by atoms with Crippen molar-refractivity contribution >= 4 is 5.69 Å². The molecule has 1 aromatic heterocycles. The van der Waals surface area contributed by atoms with Gasteiger partial charge in [-0.15, -0.1) is 0 Å². The summed E-state index contributed by atoms with van der Waals surface area (Å²) in [6, 6.07) is 21.9. The number of anilines is 1. The molecular weight excluding hydrogens is 332 g/mol. The normalized spacial score (nSPS) is 16.4. The van der Waals surface area contributed by atoms with E-state index in [-0.39, 0.29) is 0 Å². The second-order valence-electron chi connectivity index (χ2n) is 7.42. The van der Waals surface area contributed by atoms with Crippen molar-refractivity contribution < 1.29 is 0 Å². The van der Waals surface area contributed by atoms with Crippen LogP contribution >= 0.6 is 0 Å². The van der Waals surface area contributed by atoms with Gasteiger partial charge in [-0.1, -0.05) is 36.4 Å². The summed E-state index contributed by atoms with van der Waals surface area (Å²) >= 11 is 0. The molecule has 0 aliphatic carbocycles. The second-order valence-corrected chi connectivity index (χ2v) is 7.42. The zero-order valence-corrected chi connectivity index (χ0v) is 16.2. The number of rotatable bonds is 5. The minimum atomic E-state index is 0.302.